The highest BCUT2D eigenvalue weighted by Crippen LogP contribution is 2.16. The Morgan fingerprint density at radius 3 is 2.39 bits per heavy atom. The number of likely N-dealkylation sites (N-methyl/N-ethyl adjacent to an activating group) is 1. The molecule has 0 atom stereocenters. The lowest BCUT2D eigenvalue weighted by Gasteiger charge is -2.25. The molecule has 0 aliphatic heterocycles. The zero-order valence-corrected chi connectivity index (χ0v) is 16.6. The van der Waals surface area contributed by atoms with E-state index in [4.69, 9.17) is 10.5 Å². The van der Waals surface area contributed by atoms with Gasteiger partial charge in [0, 0.05) is 25.2 Å². The maximum absolute atomic E-state index is 13.1. The molecule has 0 heterocycles. The van der Waals surface area contributed by atoms with Gasteiger partial charge in [0.1, 0.15) is 5.75 Å². The van der Waals surface area contributed by atoms with Crippen LogP contribution >= 0.6 is 0 Å². The number of nitrogens with zero attached hydrogens (tertiary/aromatic N) is 2. The Balaban J connectivity index is 2.03. The van der Waals surface area contributed by atoms with Crippen LogP contribution in [0.4, 0.5) is 0 Å². The van der Waals surface area contributed by atoms with Gasteiger partial charge < -0.3 is 20.3 Å². The highest BCUT2D eigenvalue weighted by Gasteiger charge is 2.16. The van der Waals surface area contributed by atoms with E-state index in [2.05, 4.69) is 17.0 Å². The Morgan fingerprint density at radius 2 is 1.71 bits per heavy atom. The molecule has 0 fully saturated rings. The Bertz CT molecular complexity index is 763. The minimum absolute atomic E-state index is 0.0422. The molecule has 6 heteroatoms. The minimum Gasteiger partial charge on any atom is -0.484 e. The average molecular weight is 383 g/mol. The summed E-state index contributed by atoms with van der Waals surface area (Å²) in [7, 11) is 3.98. The molecule has 0 aliphatic carbocycles. The molecular formula is C22H29N3O3. The summed E-state index contributed by atoms with van der Waals surface area (Å²) >= 11 is 0. The van der Waals surface area contributed by atoms with E-state index in [1.165, 1.54) is 5.56 Å². The van der Waals surface area contributed by atoms with Crippen molar-refractivity contribution in [2.75, 3.05) is 40.3 Å². The van der Waals surface area contributed by atoms with Gasteiger partial charge in [-0.25, -0.2) is 0 Å². The van der Waals surface area contributed by atoms with E-state index in [-0.39, 0.29) is 12.5 Å². The third kappa shape index (κ3) is 7.40. The van der Waals surface area contributed by atoms with Crippen LogP contribution in [0.5, 0.6) is 5.75 Å². The van der Waals surface area contributed by atoms with Crippen molar-refractivity contribution in [1.82, 2.24) is 9.80 Å². The van der Waals surface area contributed by atoms with E-state index in [0.29, 0.717) is 24.4 Å². The summed E-state index contributed by atoms with van der Waals surface area (Å²) in [5, 5.41) is 0. The standard InChI is InChI=1S/C22H29N3O3/c1-24(2)14-15-25(13-7-10-18-8-4-3-5-9-18)22(27)19-11-6-12-20(16-19)28-17-21(23)26/h3-6,8-9,11-12,16H,7,10,13-15,17H2,1-2H3,(H2,23,26). The molecule has 0 aromatic heterocycles. The summed E-state index contributed by atoms with van der Waals surface area (Å²) in [6.07, 6.45) is 1.81. The number of amides is 2. The van der Waals surface area contributed by atoms with Gasteiger partial charge in [-0.05, 0) is 50.7 Å². The highest BCUT2D eigenvalue weighted by atomic mass is 16.5. The van der Waals surface area contributed by atoms with Crippen LogP contribution in [0.1, 0.15) is 22.3 Å². The van der Waals surface area contributed by atoms with Crippen molar-refractivity contribution < 1.29 is 14.3 Å². The van der Waals surface area contributed by atoms with E-state index in [1.807, 2.05) is 37.2 Å². The third-order valence-corrected chi connectivity index (χ3v) is 4.30. The summed E-state index contributed by atoms with van der Waals surface area (Å²) in [5.74, 6) is -0.133. The number of aryl methyl sites for hydroxylation is 1. The lowest BCUT2D eigenvalue weighted by Crippen LogP contribution is -2.37. The Hall–Kier alpha value is -2.86. The van der Waals surface area contributed by atoms with Gasteiger partial charge in [0.05, 0.1) is 0 Å². The lowest BCUT2D eigenvalue weighted by atomic mass is 10.1. The first kappa shape index (κ1) is 21.4. The van der Waals surface area contributed by atoms with Gasteiger partial charge in [0.2, 0.25) is 0 Å². The van der Waals surface area contributed by atoms with Crippen molar-refractivity contribution in [1.29, 1.82) is 0 Å². The van der Waals surface area contributed by atoms with Gasteiger partial charge >= 0.3 is 0 Å². The molecule has 0 radical (unpaired) electrons. The molecule has 150 valence electrons. The molecule has 0 saturated heterocycles. The molecule has 6 nitrogen and oxygen atoms in total. The molecule has 2 rings (SSSR count). The monoisotopic (exact) mass is 383 g/mol. The molecule has 0 spiro atoms. The number of ether oxygens (including phenoxy) is 1. The van der Waals surface area contributed by atoms with Crippen LogP contribution in [0.2, 0.25) is 0 Å². The quantitative estimate of drug-likeness (QED) is 0.645. The third-order valence-electron chi connectivity index (χ3n) is 4.30. The second-order valence-corrected chi connectivity index (χ2v) is 6.97. The largest absolute Gasteiger partial charge is 0.484 e. The van der Waals surface area contributed by atoms with Crippen LogP contribution in [0, 0.1) is 0 Å². The summed E-state index contributed by atoms with van der Waals surface area (Å²) in [6.45, 7) is 1.90. The van der Waals surface area contributed by atoms with E-state index >= 15 is 0 Å². The van der Waals surface area contributed by atoms with Crippen molar-refractivity contribution in [3.05, 3.63) is 65.7 Å². The van der Waals surface area contributed by atoms with E-state index in [0.717, 1.165) is 19.4 Å². The number of nitrogens with two attached hydrogens (primary N) is 1. The first-order valence-electron chi connectivity index (χ1n) is 9.45. The van der Waals surface area contributed by atoms with E-state index in [1.54, 1.807) is 24.3 Å². The Kier molecular flexibility index (Phi) is 8.49. The smallest absolute Gasteiger partial charge is 0.255 e. The van der Waals surface area contributed by atoms with Gasteiger partial charge in [-0.2, -0.15) is 0 Å². The predicted molar refractivity (Wildman–Crippen MR) is 110 cm³/mol. The maximum atomic E-state index is 13.1. The summed E-state index contributed by atoms with van der Waals surface area (Å²) in [6, 6.07) is 17.1. The van der Waals surface area contributed by atoms with Crippen molar-refractivity contribution in [2.24, 2.45) is 5.73 Å². The van der Waals surface area contributed by atoms with Gasteiger partial charge in [-0.1, -0.05) is 36.4 Å². The van der Waals surface area contributed by atoms with Crippen LogP contribution < -0.4 is 10.5 Å². The molecule has 2 aromatic carbocycles. The summed E-state index contributed by atoms with van der Waals surface area (Å²) in [5.41, 5.74) is 6.92. The Morgan fingerprint density at radius 1 is 0.964 bits per heavy atom. The number of carbonyl (C=O) groups is 2. The van der Waals surface area contributed by atoms with Crippen LogP contribution in [0.25, 0.3) is 0 Å². The fourth-order valence-electron chi connectivity index (χ4n) is 2.81. The van der Waals surface area contributed by atoms with Crippen LogP contribution in [0.3, 0.4) is 0 Å². The maximum Gasteiger partial charge on any atom is 0.255 e. The predicted octanol–water partition coefficient (Wildman–Crippen LogP) is 2.19. The second-order valence-electron chi connectivity index (χ2n) is 6.97. The first-order valence-corrected chi connectivity index (χ1v) is 9.45. The average Bonchev–Trinajstić information content (AvgIpc) is 2.69. The van der Waals surface area contributed by atoms with E-state index in [9.17, 15) is 9.59 Å². The van der Waals surface area contributed by atoms with E-state index < -0.39 is 5.91 Å². The number of primary amides is 1. The van der Waals surface area contributed by atoms with Gasteiger partial charge in [-0.15, -0.1) is 0 Å². The molecule has 28 heavy (non-hydrogen) atoms. The van der Waals surface area contributed by atoms with Crippen LogP contribution in [0.15, 0.2) is 54.6 Å². The summed E-state index contributed by atoms with van der Waals surface area (Å²) < 4.78 is 5.32. The molecule has 0 aliphatic rings. The molecule has 0 unspecified atom stereocenters. The van der Waals surface area contributed by atoms with Crippen molar-refractivity contribution in [3.63, 3.8) is 0 Å². The number of benzene rings is 2. The number of carbonyl (C=O) groups excluding carboxylic acids is 2. The fraction of sp³-hybridized carbons (Fsp3) is 0.364. The molecule has 0 bridgehead atoms. The molecular weight excluding hydrogens is 354 g/mol. The van der Waals surface area contributed by atoms with Crippen LogP contribution in [-0.4, -0.2) is 62.0 Å². The molecule has 0 saturated carbocycles. The molecule has 2 amide bonds. The van der Waals surface area contributed by atoms with Crippen molar-refractivity contribution in [2.45, 2.75) is 12.8 Å². The van der Waals surface area contributed by atoms with Gasteiger partial charge in [-0.3, -0.25) is 9.59 Å². The molecule has 2 aromatic rings. The minimum atomic E-state index is -0.551. The number of hydrogen-bond acceptors (Lipinski definition) is 4. The topological polar surface area (TPSA) is 75.9 Å². The SMILES string of the molecule is CN(C)CCN(CCCc1ccccc1)C(=O)c1cccc(OCC(N)=O)c1. The number of rotatable bonds is 11. The second kappa shape index (κ2) is 11.1. The summed E-state index contributed by atoms with van der Waals surface area (Å²) in [4.78, 5) is 27.9. The van der Waals surface area contributed by atoms with Gasteiger partial charge in [0.25, 0.3) is 11.8 Å². The van der Waals surface area contributed by atoms with Crippen molar-refractivity contribution >= 4 is 11.8 Å². The van der Waals surface area contributed by atoms with Crippen molar-refractivity contribution in [3.8, 4) is 5.75 Å². The zero-order valence-electron chi connectivity index (χ0n) is 16.6. The number of hydrogen-bond donors (Lipinski definition) is 1. The normalized spacial score (nSPS) is 10.7. The zero-order chi connectivity index (χ0) is 20.4. The van der Waals surface area contributed by atoms with Gasteiger partial charge in [0.15, 0.2) is 6.61 Å². The Labute approximate surface area is 166 Å². The fourth-order valence-corrected chi connectivity index (χ4v) is 2.81. The van der Waals surface area contributed by atoms with Crippen LogP contribution in [-0.2, 0) is 11.2 Å². The highest BCUT2D eigenvalue weighted by molar-refractivity contribution is 5.94. The molecule has 2 N–H and O–H groups in total. The lowest BCUT2D eigenvalue weighted by molar-refractivity contribution is -0.119. The first-order chi connectivity index (χ1) is 13.5.